The maximum atomic E-state index is 3.71. The number of rotatable bonds is 9. The Hall–Kier alpha value is -0.340. The third-order valence-corrected chi connectivity index (χ3v) is 4.70. The average molecular weight is 324 g/mol. The highest BCUT2D eigenvalue weighted by atomic mass is 79.9. The van der Waals surface area contributed by atoms with Crippen LogP contribution in [0.4, 0.5) is 0 Å². The first-order valence-corrected chi connectivity index (χ1v) is 8.58. The van der Waals surface area contributed by atoms with Crippen molar-refractivity contribution >= 4 is 15.9 Å². The Balaban J connectivity index is 1.90. The summed E-state index contributed by atoms with van der Waals surface area (Å²) in [5, 5.41) is 3.70. The molecule has 0 aromatic heterocycles. The van der Waals surface area contributed by atoms with Crippen LogP contribution in [-0.4, -0.2) is 12.6 Å². The van der Waals surface area contributed by atoms with Gasteiger partial charge in [0.1, 0.15) is 0 Å². The Morgan fingerprint density at radius 3 is 2.68 bits per heavy atom. The monoisotopic (exact) mass is 323 g/mol. The molecule has 2 rings (SSSR count). The molecule has 1 aliphatic rings. The summed E-state index contributed by atoms with van der Waals surface area (Å²) >= 11 is 3.71. The van der Waals surface area contributed by atoms with Crippen molar-refractivity contribution in [1.29, 1.82) is 0 Å². The predicted molar refractivity (Wildman–Crippen MR) is 86.7 cm³/mol. The standard InChI is InChI=1S/C17H26BrN/c1-2-3-4-5-8-14(13-19-15-11-12-15)16-9-6-7-10-17(16)18/h6-7,9-10,14-15,19H,2-5,8,11-13H2,1H3. The number of hydrogen-bond donors (Lipinski definition) is 1. The Morgan fingerprint density at radius 1 is 1.21 bits per heavy atom. The van der Waals surface area contributed by atoms with Crippen molar-refractivity contribution in [3.63, 3.8) is 0 Å². The zero-order valence-corrected chi connectivity index (χ0v) is 13.6. The first kappa shape index (κ1) is 15.1. The van der Waals surface area contributed by atoms with Crippen molar-refractivity contribution in [3.05, 3.63) is 34.3 Å². The molecular weight excluding hydrogens is 298 g/mol. The molecule has 1 unspecified atom stereocenters. The van der Waals surface area contributed by atoms with Gasteiger partial charge < -0.3 is 5.32 Å². The summed E-state index contributed by atoms with van der Waals surface area (Å²) in [6.45, 7) is 3.42. The first-order chi connectivity index (χ1) is 9.31. The van der Waals surface area contributed by atoms with E-state index < -0.39 is 0 Å². The molecule has 0 aliphatic heterocycles. The average Bonchev–Trinajstić information content (AvgIpc) is 3.23. The smallest absolute Gasteiger partial charge is 0.0210 e. The van der Waals surface area contributed by atoms with Crippen LogP contribution in [-0.2, 0) is 0 Å². The minimum Gasteiger partial charge on any atom is -0.313 e. The lowest BCUT2D eigenvalue weighted by Crippen LogP contribution is -2.23. The third-order valence-electron chi connectivity index (χ3n) is 3.98. The molecule has 0 bridgehead atoms. The van der Waals surface area contributed by atoms with Crippen molar-refractivity contribution < 1.29 is 0 Å². The van der Waals surface area contributed by atoms with E-state index in [0.29, 0.717) is 5.92 Å². The number of halogens is 1. The molecule has 2 heteroatoms. The number of hydrogen-bond acceptors (Lipinski definition) is 1. The Kier molecular flexibility index (Phi) is 6.39. The lowest BCUT2D eigenvalue weighted by atomic mass is 9.93. The number of nitrogens with one attached hydrogen (secondary N) is 1. The molecule has 0 amide bonds. The Bertz CT molecular complexity index is 373. The SMILES string of the molecule is CCCCCCC(CNC1CC1)c1ccccc1Br. The fourth-order valence-electron chi connectivity index (χ4n) is 2.59. The second-order valence-corrected chi connectivity index (χ2v) is 6.60. The summed E-state index contributed by atoms with van der Waals surface area (Å²) in [7, 11) is 0. The minimum absolute atomic E-state index is 0.660. The second-order valence-electron chi connectivity index (χ2n) is 5.75. The molecule has 0 spiro atoms. The molecule has 0 saturated heterocycles. The fraction of sp³-hybridized carbons (Fsp3) is 0.647. The summed E-state index contributed by atoms with van der Waals surface area (Å²) in [6, 6.07) is 9.53. The van der Waals surface area contributed by atoms with Gasteiger partial charge in [-0.1, -0.05) is 66.7 Å². The molecule has 1 saturated carbocycles. The van der Waals surface area contributed by atoms with Gasteiger partial charge in [-0.05, 0) is 36.8 Å². The molecule has 0 heterocycles. The molecule has 106 valence electrons. The summed E-state index contributed by atoms with van der Waals surface area (Å²) in [5.41, 5.74) is 1.48. The van der Waals surface area contributed by atoms with Gasteiger partial charge in [-0.2, -0.15) is 0 Å². The zero-order chi connectivity index (χ0) is 13.5. The lowest BCUT2D eigenvalue weighted by Gasteiger charge is -2.19. The van der Waals surface area contributed by atoms with Crippen LogP contribution in [0.2, 0.25) is 0 Å². The first-order valence-electron chi connectivity index (χ1n) is 7.79. The molecule has 1 atom stereocenters. The van der Waals surface area contributed by atoms with Crippen LogP contribution in [0.1, 0.15) is 63.4 Å². The molecule has 1 aromatic rings. The van der Waals surface area contributed by atoms with Gasteiger partial charge in [0.25, 0.3) is 0 Å². The fourth-order valence-corrected chi connectivity index (χ4v) is 3.20. The summed E-state index contributed by atoms with van der Waals surface area (Å²) in [6.07, 6.45) is 9.48. The van der Waals surface area contributed by atoms with E-state index in [1.54, 1.807) is 0 Å². The highest BCUT2D eigenvalue weighted by molar-refractivity contribution is 9.10. The maximum Gasteiger partial charge on any atom is 0.0210 e. The maximum absolute atomic E-state index is 3.71. The largest absolute Gasteiger partial charge is 0.313 e. The zero-order valence-electron chi connectivity index (χ0n) is 12.0. The number of benzene rings is 1. The van der Waals surface area contributed by atoms with Crippen LogP contribution in [0, 0.1) is 0 Å². The van der Waals surface area contributed by atoms with Gasteiger partial charge in [-0.25, -0.2) is 0 Å². The van der Waals surface area contributed by atoms with E-state index >= 15 is 0 Å². The van der Waals surface area contributed by atoms with Crippen molar-refractivity contribution in [2.24, 2.45) is 0 Å². The van der Waals surface area contributed by atoms with Gasteiger partial charge in [-0.15, -0.1) is 0 Å². The van der Waals surface area contributed by atoms with Gasteiger partial charge in [0.2, 0.25) is 0 Å². The Morgan fingerprint density at radius 2 is 2.00 bits per heavy atom. The van der Waals surface area contributed by atoms with E-state index in [2.05, 4.69) is 52.4 Å². The van der Waals surface area contributed by atoms with E-state index in [9.17, 15) is 0 Å². The van der Waals surface area contributed by atoms with Gasteiger partial charge >= 0.3 is 0 Å². The van der Waals surface area contributed by atoms with Crippen molar-refractivity contribution in [2.45, 2.75) is 63.8 Å². The van der Waals surface area contributed by atoms with Gasteiger partial charge in [0, 0.05) is 17.1 Å². The van der Waals surface area contributed by atoms with E-state index in [4.69, 9.17) is 0 Å². The van der Waals surface area contributed by atoms with Crippen LogP contribution in [0.25, 0.3) is 0 Å². The molecule has 1 aliphatic carbocycles. The van der Waals surface area contributed by atoms with Crippen LogP contribution in [0.15, 0.2) is 28.7 Å². The molecule has 0 radical (unpaired) electrons. The van der Waals surface area contributed by atoms with Crippen molar-refractivity contribution in [3.8, 4) is 0 Å². The normalized spacial score (nSPS) is 16.5. The van der Waals surface area contributed by atoms with Crippen LogP contribution < -0.4 is 5.32 Å². The van der Waals surface area contributed by atoms with Crippen LogP contribution >= 0.6 is 15.9 Å². The van der Waals surface area contributed by atoms with Crippen LogP contribution in [0.3, 0.4) is 0 Å². The molecule has 1 nitrogen and oxygen atoms in total. The van der Waals surface area contributed by atoms with E-state index in [1.165, 1.54) is 55.0 Å². The summed E-state index contributed by atoms with van der Waals surface area (Å²) in [4.78, 5) is 0. The molecular formula is C17H26BrN. The molecule has 1 aromatic carbocycles. The van der Waals surface area contributed by atoms with E-state index in [0.717, 1.165) is 12.6 Å². The summed E-state index contributed by atoms with van der Waals surface area (Å²) in [5.74, 6) is 0.660. The third kappa shape index (κ3) is 5.27. The Labute approximate surface area is 126 Å². The predicted octanol–water partition coefficient (Wildman–Crippen LogP) is 5.26. The van der Waals surface area contributed by atoms with Gasteiger partial charge in [-0.3, -0.25) is 0 Å². The minimum atomic E-state index is 0.660. The summed E-state index contributed by atoms with van der Waals surface area (Å²) < 4.78 is 1.27. The highest BCUT2D eigenvalue weighted by Crippen LogP contribution is 2.30. The molecule has 1 N–H and O–H groups in total. The van der Waals surface area contributed by atoms with Crippen LogP contribution in [0.5, 0.6) is 0 Å². The quantitative estimate of drug-likeness (QED) is 0.611. The van der Waals surface area contributed by atoms with Gasteiger partial charge in [0.15, 0.2) is 0 Å². The van der Waals surface area contributed by atoms with Crippen molar-refractivity contribution in [1.82, 2.24) is 5.32 Å². The number of unbranched alkanes of at least 4 members (excludes halogenated alkanes) is 3. The topological polar surface area (TPSA) is 12.0 Å². The molecule has 1 fully saturated rings. The van der Waals surface area contributed by atoms with E-state index in [-0.39, 0.29) is 0 Å². The van der Waals surface area contributed by atoms with E-state index in [1.807, 2.05) is 0 Å². The molecule has 19 heavy (non-hydrogen) atoms. The van der Waals surface area contributed by atoms with Gasteiger partial charge in [0.05, 0.1) is 0 Å². The highest BCUT2D eigenvalue weighted by Gasteiger charge is 2.22. The van der Waals surface area contributed by atoms with Crippen molar-refractivity contribution in [2.75, 3.05) is 6.54 Å². The second kappa shape index (κ2) is 8.06. The lowest BCUT2D eigenvalue weighted by molar-refractivity contribution is 0.511.